The molecule has 1 aromatic carbocycles. The highest BCUT2D eigenvalue weighted by atomic mass is 32.1. The summed E-state index contributed by atoms with van der Waals surface area (Å²) in [6.07, 6.45) is 2.82. The zero-order valence-electron chi connectivity index (χ0n) is 19.4. The molecule has 1 aliphatic rings. The number of piperidine rings is 1. The monoisotopic (exact) mass is 484 g/mol. The Kier molecular flexibility index (Phi) is 7.11. The van der Waals surface area contributed by atoms with Gasteiger partial charge in [0.1, 0.15) is 23.3 Å². The van der Waals surface area contributed by atoms with Crippen LogP contribution in [0.5, 0.6) is 5.75 Å². The molecule has 11 heteroatoms. The minimum atomic E-state index is -0.333. The minimum absolute atomic E-state index is 0.00686. The van der Waals surface area contributed by atoms with Gasteiger partial charge in [0.15, 0.2) is 10.8 Å². The van der Waals surface area contributed by atoms with Gasteiger partial charge >= 0.3 is 0 Å². The van der Waals surface area contributed by atoms with Gasteiger partial charge in [-0.2, -0.15) is 4.98 Å². The number of anilines is 2. The molecule has 0 bridgehead atoms. The van der Waals surface area contributed by atoms with E-state index < -0.39 is 0 Å². The van der Waals surface area contributed by atoms with Gasteiger partial charge < -0.3 is 20.3 Å². The van der Waals surface area contributed by atoms with Gasteiger partial charge in [0.25, 0.3) is 5.56 Å². The molecule has 0 atom stereocenters. The van der Waals surface area contributed by atoms with E-state index in [9.17, 15) is 14.4 Å². The van der Waals surface area contributed by atoms with E-state index in [1.54, 1.807) is 31.4 Å². The molecular formula is C23H28N6O4S. The Morgan fingerprint density at radius 1 is 1.21 bits per heavy atom. The Labute approximate surface area is 201 Å². The number of benzene rings is 1. The van der Waals surface area contributed by atoms with Crippen LogP contribution in [0, 0.1) is 5.92 Å². The van der Waals surface area contributed by atoms with Crippen molar-refractivity contribution in [3.05, 3.63) is 40.9 Å². The lowest BCUT2D eigenvalue weighted by Crippen LogP contribution is -2.42. The molecule has 0 saturated carbocycles. The summed E-state index contributed by atoms with van der Waals surface area (Å²) in [6.45, 7) is 5.13. The molecule has 2 amide bonds. The smallest absolute Gasteiger partial charge is 0.273 e. The number of rotatable bonds is 7. The number of amides is 2. The fraction of sp³-hybridized carbons (Fsp3) is 0.435. The molecule has 4 rings (SSSR count). The molecule has 3 aromatic rings. The number of nitrogens with one attached hydrogen (secondary N) is 2. The van der Waals surface area contributed by atoms with Gasteiger partial charge in [0.2, 0.25) is 11.8 Å². The van der Waals surface area contributed by atoms with Crippen molar-refractivity contribution in [2.45, 2.75) is 39.3 Å². The first-order valence-corrected chi connectivity index (χ1v) is 12.0. The second-order valence-corrected chi connectivity index (χ2v) is 9.51. The summed E-state index contributed by atoms with van der Waals surface area (Å²) in [7, 11) is 1.57. The molecule has 34 heavy (non-hydrogen) atoms. The Morgan fingerprint density at radius 3 is 2.56 bits per heavy atom. The van der Waals surface area contributed by atoms with E-state index in [1.807, 2.05) is 13.8 Å². The van der Waals surface area contributed by atoms with Crippen molar-refractivity contribution >= 4 is 44.3 Å². The Hall–Kier alpha value is -3.47. The van der Waals surface area contributed by atoms with E-state index in [1.165, 1.54) is 22.2 Å². The second-order valence-electron chi connectivity index (χ2n) is 8.53. The lowest BCUT2D eigenvalue weighted by Gasteiger charge is -2.31. The highest BCUT2D eigenvalue weighted by Gasteiger charge is 2.27. The van der Waals surface area contributed by atoms with Crippen LogP contribution in [0.15, 0.2) is 35.4 Å². The first-order chi connectivity index (χ1) is 16.3. The van der Waals surface area contributed by atoms with E-state index in [-0.39, 0.29) is 35.9 Å². The molecule has 0 unspecified atom stereocenters. The zero-order valence-corrected chi connectivity index (χ0v) is 20.2. The first-order valence-electron chi connectivity index (χ1n) is 11.2. The predicted octanol–water partition coefficient (Wildman–Crippen LogP) is 2.24. The number of fused-ring (bicyclic) bond motifs is 1. The van der Waals surface area contributed by atoms with Crippen molar-refractivity contribution in [3.8, 4) is 5.75 Å². The summed E-state index contributed by atoms with van der Waals surface area (Å²) >= 11 is 1.27. The predicted molar refractivity (Wildman–Crippen MR) is 132 cm³/mol. The Balaban J connectivity index is 1.42. The largest absolute Gasteiger partial charge is 0.497 e. The highest BCUT2D eigenvalue weighted by molar-refractivity contribution is 7.22. The number of ether oxygens (including phenoxy) is 1. The van der Waals surface area contributed by atoms with Crippen LogP contribution in [0.2, 0.25) is 0 Å². The summed E-state index contributed by atoms with van der Waals surface area (Å²) < 4.78 is 6.80. The van der Waals surface area contributed by atoms with Crippen molar-refractivity contribution in [2.24, 2.45) is 5.92 Å². The molecule has 180 valence electrons. The third-order valence-corrected chi connectivity index (χ3v) is 6.72. The Bertz CT molecular complexity index is 1230. The van der Waals surface area contributed by atoms with E-state index in [0.29, 0.717) is 40.0 Å². The SMILES string of the molecule is COc1ccc(NC(=O)Cn2cnc3nc(N4CCC(C(=O)NC(C)C)CC4)sc3c2=O)cc1. The number of methoxy groups -OCH3 is 1. The average molecular weight is 485 g/mol. The molecule has 1 aliphatic heterocycles. The van der Waals surface area contributed by atoms with Gasteiger partial charge in [-0.1, -0.05) is 11.3 Å². The topological polar surface area (TPSA) is 118 Å². The maximum atomic E-state index is 13.0. The van der Waals surface area contributed by atoms with Crippen LogP contribution in [0.1, 0.15) is 26.7 Å². The third-order valence-electron chi connectivity index (χ3n) is 5.63. The summed E-state index contributed by atoms with van der Waals surface area (Å²) in [5.41, 5.74) is 0.680. The van der Waals surface area contributed by atoms with E-state index >= 15 is 0 Å². The fourth-order valence-electron chi connectivity index (χ4n) is 3.85. The van der Waals surface area contributed by atoms with Crippen LogP contribution < -0.4 is 25.8 Å². The number of carbonyl (C=O) groups is 2. The van der Waals surface area contributed by atoms with Crippen LogP contribution in [-0.2, 0) is 16.1 Å². The maximum absolute atomic E-state index is 13.0. The number of hydrogen-bond acceptors (Lipinski definition) is 8. The van der Waals surface area contributed by atoms with Crippen LogP contribution in [0.4, 0.5) is 10.8 Å². The van der Waals surface area contributed by atoms with Gasteiger partial charge in [-0.15, -0.1) is 0 Å². The summed E-state index contributed by atoms with van der Waals surface area (Å²) in [5.74, 6) is 0.442. The van der Waals surface area contributed by atoms with Gasteiger partial charge in [0.05, 0.1) is 7.11 Å². The van der Waals surface area contributed by atoms with Crippen molar-refractivity contribution in [2.75, 3.05) is 30.4 Å². The lowest BCUT2D eigenvalue weighted by molar-refractivity contribution is -0.126. The van der Waals surface area contributed by atoms with E-state index in [4.69, 9.17) is 4.74 Å². The molecule has 0 aliphatic carbocycles. The van der Waals surface area contributed by atoms with Crippen molar-refractivity contribution in [3.63, 3.8) is 0 Å². The molecule has 2 aromatic heterocycles. The average Bonchev–Trinajstić information content (AvgIpc) is 3.26. The van der Waals surface area contributed by atoms with Gasteiger partial charge in [-0.25, -0.2) is 4.98 Å². The number of hydrogen-bond donors (Lipinski definition) is 2. The number of nitrogens with zero attached hydrogens (tertiary/aromatic N) is 4. The summed E-state index contributed by atoms with van der Waals surface area (Å²) in [5, 5.41) is 6.45. The van der Waals surface area contributed by atoms with Crippen molar-refractivity contribution in [1.82, 2.24) is 19.9 Å². The summed E-state index contributed by atoms with van der Waals surface area (Å²) in [6, 6.07) is 7.07. The molecule has 2 N–H and O–H groups in total. The molecule has 0 spiro atoms. The molecular weight excluding hydrogens is 456 g/mol. The summed E-state index contributed by atoms with van der Waals surface area (Å²) in [4.78, 5) is 48.6. The molecule has 10 nitrogen and oxygen atoms in total. The standard InChI is InChI=1S/C23H28N6O4S/c1-14(2)25-21(31)15-8-10-28(11-9-15)23-27-20-19(34-23)22(32)29(13-24-20)12-18(30)26-16-4-6-17(33-3)7-5-16/h4-7,13-15H,8-12H2,1-3H3,(H,25,31)(H,26,30). The van der Waals surface area contributed by atoms with Crippen molar-refractivity contribution in [1.29, 1.82) is 0 Å². The molecule has 1 fully saturated rings. The lowest BCUT2D eigenvalue weighted by atomic mass is 9.96. The van der Waals surface area contributed by atoms with Crippen LogP contribution in [0.3, 0.4) is 0 Å². The number of thiazole rings is 1. The van der Waals surface area contributed by atoms with Gasteiger partial charge in [-0.05, 0) is 51.0 Å². The molecule has 1 saturated heterocycles. The normalized spacial score (nSPS) is 14.4. The van der Waals surface area contributed by atoms with Gasteiger partial charge in [0, 0.05) is 30.7 Å². The van der Waals surface area contributed by atoms with Gasteiger partial charge in [-0.3, -0.25) is 19.0 Å². The number of aromatic nitrogens is 3. The second kappa shape index (κ2) is 10.2. The van der Waals surface area contributed by atoms with E-state index in [2.05, 4.69) is 25.5 Å². The minimum Gasteiger partial charge on any atom is -0.497 e. The quantitative estimate of drug-likeness (QED) is 0.528. The maximum Gasteiger partial charge on any atom is 0.273 e. The molecule has 3 heterocycles. The van der Waals surface area contributed by atoms with Crippen molar-refractivity contribution < 1.29 is 14.3 Å². The fourth-order valence-corrected chi connectivity index (χ4v) is 4.87. The zero-order chi connectivity index (χ0) is 24.2. The van der Waals surface area contributed by atoms with Crippen LogP contribution in [0.25, 0.3) is 10.3 Å². The Morgan fingerprint density at radius 2 is 1.91 bits per heavy atom. The van der Waals surface area contributed by atoms with Crippen LogP contribution in [-0.4, -0.2) is 52.6 Å². The third kappa shape index (κ3) is 5.36. The van der Waals surface area contributed by atoms with Crippen LogP contribution >= 0.6 is 11.3 Å². The highest BCUT2D eigenvalue weighted by Crippen LogP contribution is 2.29. The van der Waals surface area contributed by atoms with E-state index in [0.717, 1.165) is 12.8 Å². The molecule has 0 radical (unpaired) electrons. The first kappa shape index (κ1) is 23.7. The number of carbonyl (C=O) groups excluding carboxylic acids is 2.